The molecule has 37 heavy (non-hydrogen) atoms. The van der Waals surface area contributed by atoms with Crippen LogP contribution in [0.25, 0.3) is 6.08 Å². The van der Waals surface area contributed by atoms with E-state index in [2.05, 4.69) is 18.2 Å². The smallest absolute Gasteiger partial charge is 0.338 e. The highest BCUT2D eigenvalue weighted by Gasteiger charge is 2.33. The van der Waals surface area contributed by atoms with Crippen LogP contribution in [-0.2, 0) is 9.53 Å². The van der Waals surface area contributed by atoms with E-state index in [0.29, 0.717) is 45.3 Å². The van der Waals surface area contributed by atoms with Gasteiger partial charge in [-0.25, -0.2) is 9.79 Å². The van der Waals surface area contributed by atoms with E-state index in [1.807, 2.05) is 36.4 Å². The van der Waals surface area contributed by atoms with Gasteiger partial charge in [0, 0.05) is 5.56 Å². The third-order valence-corrected chi connectivity index (χ3v) is 6.63. The average molecular weight is 517 g/mol. The van der Waals surface area contributed by atoms with Crippen molar-refractivity contribution >= 4 is 23.4 Å². The Morgan fingerprint density at radius 1 is 1.08 bits per heavy atom. The van der Waals surface area contributed by atoms with Gasteiger partial charge >= 0.3 is 5.97 Å². The Hall–Kier alpha value is -4.17. The Morgan fingerprint density at radius 2 is 1.78 bits per heavy atom. The summed E-state index contributed by atoms with van der Waals surface area (Å²) in [5.74, 6) is 0.798. The van der Waals surface area contributed by atoms with E-state index in [4.69, 9.17) is 14.2 Å². The summed E-state index contributed by atoms with van der Waals surface area (Å²) in [6.07, 6.45) is 5.12. The van der Waals surface area contributed by atoms with Crippen molar-refractivity contribution in [3.63, 3.8) is 0 Å². The fourth-order valence-corrected chi connectivity index (χ4v) is 5.07. The molecule has 1 atom stereocenters. The number of fused-ring (bicyclic) bond motifs is 1. The van der Waals surface area contributed by atoms with Crippen LogP contribution in [-0.4, -0.2) is 30.4 Å². The van der Waals surface area contributed by atoms with Crippen LogP contribution < -0.4 is 24.4 Å². The molecule has 0 aliphatic carbocycles. The Balaban J connectivity index is 1.87. The highest BCUT2D eigenvalue weighted by atomic mass is 32.1. The van der Waals surface area contributed by atoms with Crippen LogP contribution >= 0.6 is 11.3 Å². The summed E-state index contributed by atoms with van der Waals surface area (Å²) in [5.41, 5.74) is 2.09. The number of hydrogen-bond donors (Lipinski definition) is 0. The number of carbonyl (C=O) groups is 1. The van der Waals surface area contributed by atoms with Gasteiger partial charge in [-0.3, -0.25) is 9.36 Å². The Bertz CT molecular complexity index is 1530. The van der Waals surface area contributed by atoms with Crippen LogP contribution in [0, 0.1) is 0 Å². The van der Waals surface area contributed by atoms with Crippen LogP contribution in [0.1, 0.15) is 31.0 Å². The number of benzene rings is 2. The number of para-hydroxylation sites is 1. The van der Waals surface area contributed by atoms with Crippen molar-refractivity contribution < 1.29 is 19.0 Å². The summed E-state index contributed by atoms with van der Waals surface area (Å²) in [7, 11) is 0. The molecular weight excluding hydrogens is 488 g/mol. The standard InChI is InChI=1S/C29H28N2O5S/c1-5-16-35-22-14-12-20(13-15-22)26-25(28(33)34-7-3)19(4)30-29-31(26)27(32)24(37-29)18-21-10-8-9-11-23(21)36-17-6-2/h5-6,8-15,18,26H,1-2,7,16-17H2,3-4H3/b24-18+/t26-/m1/s1. The van der Waals surface area contributed by atoms with Gasteiger partial charge < -0.3 is 14.2 Å². The second kappa shape index (κ2) is 11.7. The largest absolute Gasteiger partial charge is 0.490 e. The summed E-state index contributed by atoms with van der Waals surface area (Å²) < 4.78 is 18.7. The number of carbonyl (C=O) groups excluding carboxylic acids is 1. The molecular formula is C29H28N2O5S. The molecule has 0 bridgehead atoms. The lowest BCUT2D eigenvalue weighted by Gasteiger charge is -2.24. The summed E-state index contributed by atoms with van der Waals surface area (Å²) in [6.45, 7) is 11.8. The zero-order valence-electron chi connectivity index (χ0n) is 20.8. The molecule has 8 heteroatoms. The average Bonchev–Trinajstić information content (AvgIpc) is 3.20. The van der Waals surface area contributed by atoms with E-state index in [0.717, 1.165) is 11.1 Å². The first kappa shape index (κ1) is 25.9. The van der Waals surface area contributed by atoms with E-state index in [1.54, 1.807) is 48.8 Å². The second-order valence-electron chi connectivity index (χ2n) is 8.11. The lowest BCUT2D eigenvalue weighted by molar-refractivity contribution is -0.139. The molecule has 0 saturated carbocycles. The number of allylic oxidation sites excluding steroid dienone is 1. The van der Waals surface area contributed by atoms with Gasteiger partial charge in [0.15, 0.2) is 4.80 Å². The summed E-state index contributed by atoms with van der Waals surface area (Å²) in [6, 6.07) is 14.1. The molecule has 0 radical (unpaired) electrons. The van der Waals surface area contributed by atoms with Crippen molar-refractivity contribution in [1.29, 1.82) is 0 Å². The quantitative estimate of drug-likeness (QED) is 0.301. The minimum Gasteiger partial charge on any atom is -0.490 e. The molecule has 0 unspecified atom stereocenters. The molecule has 1 aromatic heterocycles. The topological polar surface area (TPSA) is 79.1 Å². The van der Waals surface area contributed by atoms with Crippen LogP contribution in [0.5, 0.6) is 11.5 Å². The van der Waals surface area contributed by atoms with Gasteiger partial charge in [-0.1, -0.05) is 67.0 Å². The minimum absolute atomic E-state index is 0.211. The van der Waals surface area contributed by atoms with Crippen molar-refractivity contribution in [2.75, 3.05) is 19.8 Å². The maximum atomic E-state index is 13.8. The van der Waals surface area contributed by atoms with Gasteiger partial charge in [0.2, 0.25) is 0 Å². The number of hydrogen-bond acceptors (Lipinski definition) is 7. The third-order valence-electron chi connectivity index (χ3n) is 5.64. The minimum atomic E-state index is -0.696. The zero-order chi connectivity index (χ0) is 26.4. The lowest BCUT2D eigenvalue weighted by Crippen LogP contribution is -2.39. The maximum Gasteiger partial charge on any atom is 0.338 e. The Kier molecular flexibility index (Phi) is 8.20. The van der Waals surface area contributed by atoms with Gasteiger partial charge in [0.05, 0.1) is 28.5 Å². The van der Waals surface area contributed by atoms with Crippen molar-refractivity contribution in [3.05, 3.63) is 116 Å². The second-order valence-corrected chi connectivity index (χ2v) is 9.12. The third kappa shape index (κ3) is 5.49. The number of esters is 1. The van der Waals surface area contributed by atoms with Crippen LogP contribution in [0.15, 0.2) is 94.9 Å². The van der Waals surface area contributed by atoms with Gasteiger partial charge in [-0.15, -0.1) is 0 Å². The van der Waals surface area contributed by atoms with Crippen molar-refractivity contribution in [2.24, 2.45) is 4.99 Å². The molecule has 4 rings (SSSR count). The van der Waals surface area contributed by atoms with Gasteiger partial charge in [0.1, 0.15) is 24.7 Å². The molecule has 0 fully saturated rings. The fraction of sp³-hybridized carbons (Fsp3) is 0.207. The molecule has 0 N–H and O–H groups in total. The highest BCUT2D eigenvalue weighted by Crippen LogP contribution is 2.31. The first-order chi connectivity index (χ1) is 18.0. The lowest BCUT2D eigenvalue weighted by atomic mass is 9.96. The first-order valence-electron chi connectivity index (χ1n) is 11.8. The van der Waals surface area contributed by atoms with Crippen molar-refractivity contribution in [2.45, 2.75) is 19.9 Å². The molecule has 0 spiro atoms. The normalized spacial score (nSPS) is 15.0. The molecule has 3 aromatic rings. The number of rotatable bonds is 10. The molecule has 1 aliphatic heterocycles. The Labute approximate surface area is 219 Å². The number of aromatic nitrogens is 1. The van der Waals surface area contributed by atoms with Crippen LogP contribution in [0.2, 0.25) is 0 Å². The van der Waals surface area contributed by atoms with E-state index in [1.165, 1.54) is 11.3 Å². The van der Waals surface area contributed by atoms with Crippen molar-refractivity contribution in [3.8, 4) is 11.5 Å². The van der Waals surface area contributed by atoms with E-state index < -0.39 is 12.0 Å². The zero-order valence-corrected chi connectivity index (χ0v) is 21.6. The molecule has 2 heterocycles. The van der Waals surface area contributed by atoms with Gasteiger partial charge in [-0.2, -0.15) is 0 Å². The maximum absolute atomic E-state index is 13.8. The fourth-order valence-electron chi connectivity index (χ4n) is 4.03. The highest BCUT2D eigenvalue weighted by molar-refractivity contribution is 7.07. The van der Waals surface area contributed by atoms with Gasteiger partial charge in [-0.05, 0) is 43.7 Å². The predicted octanol–water partition coefficient (Wildman–Crippen LogP) is 3.93. The summed E-state index contributed by atoms with van der Waals surface area (Å²) in [4.78, 5) is 31.9. The monoisotopic (exact) mass is 516 g/mol. The van der Waals surface area contributed by atoms with E-state index >= 15 is 0 Å². The molecule has 7 nitrogen and oxygen atoms in total. The van der Waals surface area contributed by atoms with Crippen LogP contribution in [0.4, 0.5) is 0 Å². The number of ether oxygens (including phenoxy) is 3. The van der Waals surface area contributed by atoms with Crippen molar-refractivity contribution in [1.82, 2.24) is 4.57 Å². The number of thiazole rings is 1. The van der Waals surface area contributed by atoms with Crippen LogP contribution in [0.3, 0.4) is 0 Å². The molecule has 2 aromatic carbocycles. The summed E-state index contributed by atoms with van der Waals surface area (Å²) in [5, 5.41) is 0. The molecule has 1 aliphatic rings. The van der Waals surface area contributed by atoms with E-state index in [9.17, 15) is 9.59 Å². The number of nitrogens with zero attached hydrogens (tertiary/aromatic N) is 2. The SMILES string of the molecule is C=CCOc1ccc([C@@H]2C(C(=O)OCC)=C(C)N=c3s/c(=C/c4ccccc4OCC=C)c(=O)n32)cc1. The van der Waals surface area contributed by atoms with Gasteiger partial charge in [0.25, 0.3) is 5.56 Å². The molecule has 190 valence electrons. The summed E-state index contributed by atoms with van der Waals surface area (Å²) >= 11 is 1.26. The molecule has 0 saturated heterocycles. The Morgan fingerprint density at radius 3 is 2.49 bits per heavy atom. The molecule has 0 amide bonds. The first-order valence-corrected chi connectivity index (χ1v) is 12.7. The van der Waals surface area contributed by atoms with E-state index in [-0.39, 0.29) is 12.2 Å². The predicted molar refractivity (Wildman–Crippen MR) is 145 cm³/mol.